The van der Waals surface area contributed by atoms with Crippen molar-refractivity contribution >= 4 is 41.8 Å². The molecule has 0 aromatic rings. The van der Waals surface area contributed by atoms with Crippen LogP contribution in [0.1, 0.15) is 65.2 Å². The van der Waals surface area contributed by atoms with Crippen LogP contribution in [-0.4, -0.2) is 61.1 Å². The molecule has 0 radical (unpaired) electrons. The quantitative estimate of drug-likeness (QED) is 0.240. The van der Waals surface area contributed by atoms with Crippen LogP contribution in [0.3, 0.4) is 0 Å². The third kappa shape index (κ3) is 4.98. The fourth-order valence-corrected chi connectivity index (χ4v) is 4.89. The molecule has 0 aromatic carbocycles. The smallest absolute Gasteiger partial charge is 0.229 e. The summed E-state index contributed by atoms with van der Waals surface area (Å²) in [6.07, 6.45) is 7.96. The van der Waals surface area contributed by atoms with E-state index in [9.17, 15) is 9.59 Å². The maximum Gasteiger partial charge on any atom is 0.229 e. The topological polar surface area (TPSA) is 83.0 Å². The summed E-state index contributed by atoms with van der Waals surface area (Å²) < 4.78 is 5.99. The second-order valence-corrected chi connectivity index (χ2v) is 7.87. The first-order chi connectivity index (χ1) is 13.1. The zero-order chi connectivity index (χ0) is 19.3. The molecule has 2 amide bonds. The van der Waals surface area contributed by atoms with Crippen molar-refractivity contribution < 1.29 is 14.3 Å². The second-order valence-electron chi connectivity index (χ2n) is 7.87. The van der Waals surface area contributed by atoms with Gasteiger partial charge in [-0.1, -0.05) is 12.8 Å². The molecule has 7 nitrogen and oxygen atoms in total. The maximum atomic E-state index is 11.9. The fourth-order valence-electron chi connectivity index (χ4n) is 4.89. The van der Waals surface area contributed by atoms with Crippen LogP contribution in [0.25, 0.3) is 0 Å². The number of hydrogen-bond acceptors (Lipinski definition) is 4. The van der Waals surface area contributed by atoms with Gasteiger partial charge in [-0.3, -0.25) is 19.5 Å². The lowest BCUT2D eigenvalue weighted by molar-refractivity contribution is -0.147. The number of likely N-dealkylation sites (tertiary alicyclic amines) is 1. The van der Waals surface area contributed by atoms with E-state index in [0.717, 1.165) is 25.5 Å². The molecular formula is C20H35IN4O3. The van der Waals surface area contributed by atoms with Gasteiger partial charge in [0.05, 0.1) is 12.6 Å². The Hall–Kier alpha value is -0.900. The lowest BCUT2D eigenvalue weighted by Gasteiger charge is -2.54. The van der Waals surface area contributed by atoms with Crippen molar-refractivity contribution in [3.8, 4) is 0 Å². The minimum absolute atomic E-state index is 0. The van der Waals surface area contributed by atoms with Crippen molar-refractivity contribution in [2.45, 2.75) is 77.4 Å². The van der Waals surface area contributed by atoms with E-state index in [0.29, 0.717) is 44.5 Å². The van der Waals surface area contributed by atoms with E-state index in [2.05, 4.69) is 22.5 Å². The summed E-state index contributed by atoms with van der Waals surface area (Å²) in [6, 6.07) is 0.382. The van der Waals surface area contributed by atoms with Crippen LogP contribution in [0.15, 0.2) is 4.99 Å². The molecule has 2 atom stereocenters. The molecule has 0 aromatic heterocycles. The number of nitrogens with zero attached hydrogens (tertiary/aromatic N) is 2. The summed E-state index contributed by atoms with van der Waals surface area (Å²) in [5, 5.41) is 6.91. The van der Waals surface area contributed by atoms with E-state index < -0.39 is 0 Å². The molecule has 8 heteroatoms. The van der Waals surface area contributed by atoms with Crippen molar-refractivity contribution in [1.29, 1.82) is 0 Å². The number of carbonyl (C=O) groups excluding carboxylic acids is 2. The van der Waals surface area contributed by atoms with Gasteiger partial charge in [-0.25, -0.2) is 0 Å². The first kappa shape index (κ1) is 23.4. The highest BCUT2D eigenvalue weighted by Gasteiger charge is 2.56. The summed E-state index contributed by atoms with van der Waals surface area (Å²) in [7, 11) is 0. The third-order valence-electron chi connectivity index (χ3n) is 6.32. The molecule has 2 unspecified atom stereocenters. The molecule has 28 heavy (non-hydrogen) atoms. The standard InChI is InChI=1S/C20H34N4O3.HI/c1-3-21-19(22-12-13-24-17(25)8-7-9-18(24)26)23-15-14-16(27-4-2)20(15)10-5-6-11-20;/h15-16H,3-14H2,1-2H3,(H2,21,22,23);1H. The zero-order valence-electron chi connectivity index (χ0n) is 17.2. The predicted molar refractivity (Wildman–Crippen MR) is 120 cm³/mol. The van der Waals surface area contributed by atoms with E-state index in [4.69, 9.17) is 4.74 Å². The first-order valence-corrected chi connectivity index (χ1v) is 10.6. The molecule has 1 aliphatic heterocycles. The number of amides is 2. The van der Waals surface area contributed by atoms with Crippen LogP contribution >= 0.6 is 24.0 Å². The van der Waals surface area contributed by atoms with E-state index in [1.165, 1.54) is 30.6 Å². The van der Waals surface area contributed by atoms with Crippen LogP contribution in [0.5, 0.6) is 0 Å². The Balaban J connectivity index is 0.00000280. The van der Waals surface area contributed by atoms with Gasteiger partial charge < -0.3 is 15.4 Å². The van der Waals surface area contributed by atoms with Crippen LogP contribution < -0.4 is 10.6 Å². The minimum atomic E-state index is -0.0668. The number of ether oxygens (including phenoxy) is 1. The second kappa shape index (κ2) is 10.8. The summed E-state index contributed by atoms with van der Waals surface area (Å²) in [6.45, 7) is 6.46. The Labute approximate surface area is 185 Å². The van der Waals surface area contributed by atoms with Gasteiger partial charge in [-0.05, 0) is 39.5 Å². The average molecular weight is 506 g/mol. The number of rotatable bonds is 7. The summed E-state index contributed by atoms with van der Waals surface area (Å²) in [5.41, 5.74) is 0.241. The van der Waals surface area contributed by atoms with Gasteiger partial charge in [-0.2, -0.15) is 0 Å². The number of nitrogens with one attached hydrogen (secondary N) is 2. The Morgan fingerprint density at radius 1 is 1.18 bits per heavy atom. The molecule has 1 spiro atoms. The number of guanidine groups is 1. The molecule has 3 fully saturated rings. The van der Waals surface area contributed by atoms with Gasteiger partial charge in [0.2, 0.25) is 11.8 Å². The highest BCUT2D eigenvalue weighted by molar-refractivity contribution is 14.0. The number of halogens is 1. The van der Waals surface area contributed by atoms with E-state index in [-0.39, 0.29) is 41.2 Å². The Morgan fingerprint density at radius 3 is 2.46 bits per heavy atom. The zero-order valence-corrected chi connectivity index (χ0v) is 19.5. The lowest BCUT2D eigenvalue weighted by atomic mass is 9.60. The normalized spacial score (nSPS) is 26.8. The van der Waals surface area contributed by atoms with Crippen molar-refractivity contribution in [1.82, 2.24) is 15.5 Å². The third-order valence-corrected chi connectivity index (χ3v) is 6.32. The predicted octanol–water partition coefficient (Wildman–Crippen LogP) is 2.44. The number of hydrogen-bond donors (Lipinski definition) is 2. The fraction of sp³-hybridized carbons (Fsp3) is 0.850. The summed E-state index contributed by atoms with van der Waals surface area (Å²) in [5.74, 6) is 0.645. The van der Waals surface area contributed by atoms with Gasteiger partial charge in [-0.15, -0.1) is 24.0 Å². The van der Waals surface area contributed by atoms with Crippen LogP contribution in [0.2, 0.25) is 0 Å². The number of piperidine rings is 1. The summed E-state index contributed by atoms with van der Waals surface area (Å²) in [4.78, 5) is 29.8. The van der Waals surface area contributed by atoms with Crippen molar-refractivity contribution in [3.05, 3.63) is 0 Å². The number of carbonyl (C=O) groups is 2. The highest BCUT2D eigenvalue weighted by Crippen LogP contribution is 2.54. The van der Waals surface area contributed by atoms with Gasteiger partial charge in [0.15, 0.2) is 5.96 Å². The largest absolute Gasteiger partial charge is 0.378 e. The van der Waals surface area contributed by atoms with Gasteiger partial charge in [0.25, 0.3) is 0 Å². The highest BCUT2D eigenvalue weighted by atomic mass is 127. The Kier molecular flexibility index (Phi) is 8.98. The maximum absolute atomic E-state index is 11.9. The first-order valence-electron chi connectivity index (χ1n) is 10.6. The SMILES string of the molecule is CCNC(=NCCN1C(=O)CCCC1=O)NC1CC(OCC)C12CCCC2.I. The van der Waals surface area contributed by atoms with E-state index >= 15 is 0 Å². The Bertz CT molecular complexity index is 562. The molecule has 2 N–H and O–H groups in total. The lowest BCUT2D eigenvalue weighted by Crippen LogP contribution is -2.65. The molecule has 160 valence electrons. The van der Waals surface area contributed by atoms with Crippen molar-refractivity contribution in [3.63, 3.8) is 0 Å². The minimum Gasteiger partial charge on any atom is -0.378 e. The van der Waals surface area contributed by atoms with Crippen molar-refractivity contribution in [2.75, 3.05) is 26.2 Å². The molecule has 2 saturated carbocycles. The number of aliphatic imine (C=N–C) groups is 1. The molecule has 0 bridgehead atoms. The Morgan fingerprint density at radius 2 is 1.86 bits per heavy atom. The number of imide groups is 1. The molecule has 3 rings (SSSR count). The van der Waals surface area contributed by atoms with Crippen molar-refractivity contribution in [2.24, 2.45) is 10.4 Å². The molecule has 2 aliphatic carbocycles. The van der Waals surface area contributed by atoms with Gasteiger partial charge in [0.1, 0.15) is 0 Å². The van der Waals surface area contributed by atoms with Gasteiger partial charge in [0, 0.05) is 44.0 Å². The monoisotopic (exact) mass is 506 g/mol. The van der Waals surface area contributed by atoms with Crippen LogP contribution in [0, 0.1) is 5.41 Å². The molecule has 1 heterocycles. The van der Waals surface area contributed by atoms with Crippen LogP contribution in [-0.2, 0) is 14.3 Å². The molecule has 3 aliphatic rings. The van der Waals surface area contributed by atoms with E-state index in [1.807, 2.05) is 6.92 Å². The average Bonchev–Trinajstić information content (AvgIpc) is 3.16. The van der Waals surface area contributed by atoms with E-state index in [1.54, 1.807) is 0 Å². The van der Waals surface area contributed by atoms with Gasteiger partial charge >= 0.3 is 0 Å². The van der Waals surface area contributed by atoms with Crippen LogP contribution in [0.4, 0.5) is 0 Å². The molecule has 1 saturated heterocycles. The molecular weight excluding hydrogens is 471 g/mol. The summed E-state index contributed by atoms with van der Waals surface area (Å²) >= 11 is 0.